The molecular weight excluding hydrogens is 350 g/mol. The zero-order valence-electron chi connectivity index (χ0n) is 14.5. The summed E-state index contributed by atoms with van der Waals surface area (Å²) < 4.78 is 26.5. The van der Waals surface area contributed by atoms with E-state index in [1.165, 1.54) is 30.5 Å². The minimum Gasteiger partial charge on any atom is -0.354 e. The average Bonchev–Trinajstić information content (AvgIpc) is 2.69. The van der Waals surface area contributed by atoms with Crippen molar-refractivity contribution in [2.75, 3.05) is 11.9 Å². The molecule has 1 aromatic heterocycles. The van der Waals surface area contributed by atoms with Gasteiger partial charge in [0.1, 0.15) is 17.3 Å². The molecule has 3 aromatic rings. The van der Waals surface area contributed by atoms with Gasteiger partial charge in [-0.05, 0) is 36.2 Å². The van der Waals surface area contributed by atoms with Crippen LogP contribution in [-0.4, -0.2) is 22.4 Å². The van der Waals surface area contributed by atoms with Gasteiger partial charge in [0.15, 0.2) is 0 Å². The van der Waals surface area contributed by atoms with Crippen LogP contribution in [0.3, 0.4) is 0 Å². The molecule has 2 N–H and O–H groups in total. The van der Waals surface area contributed by atoms with Crippen molar-refractivity contribution in [1.29, 1.82) is 0 Å². The molecule has 2 aromatic carbocycles. The number of carbonyl (C=O) groups is 1. The highest BCUT2D eigenvalue weighted by Gasteiger charge is 2.10. The molecule has 0 bridgehead atoms. The van der Waals surface area contributed by atoms with Crippen LogP contribution in [0.1, 0.15) is 21.6 Å². The van der Waals surface area contributed by atoms with Crippen LogP contribution < -0.4 is 10.6 Å². The van der Waals surface area contributed by atoms with Crippen molar-refractivity contribution in [3.63, 3.8) is 0 Å². The Labute approximate surface area is 155 Å². The van der Waals surface area contributed by atoms with Gasteiger partial charge in [0.25, 0.3) is 5.91 Å². The van der Waals surface area contributed by atoms with Crippen molar-refractivity contribution in [1.82, 2.24) is 15.3 Å². The third kappa shape index (κ3) is 5.31. The van der Waals surface area contributed by atoms with Crippen LogP contribution in [-0.2, 0) is 13.0 Å². The van der Waals surface area contributed by atoms with Gasteiger partial charge in [-0.2, -0.15) is 0 Å². The summed E-state index contributed by atoms with van der Waals surface area (Å²) in [6.07, 6.45) is 2.14. The number of hydrogen-bond acceptors (Lipinski definition) is 4. The SMILES string of the molecule is O=C(NCc1ccccc1F)c1ccnc(NCCc2ccc(F)cc2)n1. The van der Waals surface area contributed by atoms with Crippen molar-refractivity contribution in [3.8, 4) is 0 Å². The summed E-state index contributed by atoms with van der Waals surface area (Å²) in [5.41, 5.74) is 1.56. The monoisotopic (exact) mass is 368 g/mol. The van der Waals surface area contributed by atoms with E-state index in [1.54, 1.807) is 30.3 Å². The molecule has 0 spiro atoms. The Morgan fingerprint density at radius 1 is 1.00 bits per heavy atom. The molecular formula is C20H18F2N4O. The Hall–Kier alpha value is -3.35. The number of aromatic nitrogens is 2. The smallest absolute Gasteiger partial charge is 0.270 e. The minimum absolute atomic E-state index is 0.0723. The third-order valence-corrected chi connectivity index (χ3v) is 3.90. The lowest BCUT2D eigenvalue weighted by atomic mass is 10.1. The van der Waals surface area contributed by atoms with Gasteiger partial charge < -0.3 is 10.6 Å². The van der Waals surface area contributed by atoms with Gasteiger partial charge in [-0.3, -0.25) is 4.79 Å². The normalized spacial score (nSPS) is 10.4. The first-order valence-corrected chi connectivity index (χ1v) is 8.45. The first-order chi connectivity index (χ1) is 13.1. The van der Waals surface area contributed by atoms with Gasteiger partial charge in [-0.25, -0.2) is 18.7 Å². The van der Waals surface area contributed by atoms with Crippen molar-refractivity contribution < 1.29 is 13.6 Å². The van der Waals surface area contributed by atoms with Crippen LogP contribution >= 0.6 is 0 Å². The summed E-state index contributed by atoms with van der Waals surface area (Å²) in [5.74, 6) is -0.745. The summed E-state index contributed by atoms with van der Waals surface area (Å²) in [7, 11) is 0. The van der Waals surface area contributed by atoms with E-state index in [4.69, 9.17) is 0 Å². The number of amides is 1. The van der Waals surface area contributed by atoms with Gasteiger partial charge >= 0.3 is 0 Å². The van der Waals surface area contributed by atoms with E-state index in [-0.39, 0.29) is 23.9 Å². The molecule has 0 aliphatic carbocycles. The number of nitrogens with zero attached hydrogens (tertiary/aromatic N) is 2. The van der Waals surface area contributed by atoms with Gasteiger partial charge in [0, 0.05) is 24.8 Å². The third-order valence-electron chi connectivity index (χ3n) is 3.90. The largest absolute Gasteiger partial charge is 0.354 e. The van der Waals surface area contributed by atoms with E-state index in [0.29, 0.717) is 24.5 Å². The van der Waals surface area contributed by atoms with E-state index in [0.717, 1.165) is 5.56 Å². The number of rotatable bonds is 7. The van der Waals surface area contributed by atoms with Gasteiger partial charge in [-0.1, -0.05) is 30.3 Å². The van der Waals surface area contributed by atoms with Crippen LogP contribution in [0, 0.1) is 11.6 Å². The summed E-state index contributed by atoms with van der Waals surface area (Å²) >= 11 is 0. The molecule has 0 fully saturated rings. The molecule has 138 valence electrons. The minimum atomic E-state index is -0.415. The number of anilines is 1. The molecule has 7 heteroatoms. The maximum absolute atomic E-state index is 13.6. The Morgan fingerprint density at radius 2 is 1.78 bits per heavy atom. The summed E-state index contributed by atoms with van der Waals surface area (Å²) in [4.78, 5) is 20.5. The van der Waals surface area contributed by atoms with E-state index < -0.39 is 5.91 Å². The molecule has 0 unspecified atom stereocenters. The highest BCUT2D eigenvalue weighted by molar-refractivity contribution is 5.92. The summed E-state index contributed by atoms with van der Waals surface area (Å²) in [5, 5.41) is 5.67. The van der Waals surface area contributed by atoms with Crippen molar-refractivity contribution in [3.05, 3.63) is 89.2 Å². The molecule has 0 atom stereocenters. The van der Waals surface area contributed by atoms with Gasteiger partial charge in [0.2, 0.25) is 5.95 Å². The molecule has 1 amide bonds. The van der Waals surface area contributed by atoms with Crippen molar-refractivity contribution >= 4 is 11.9 Å². The zero-order chi connectivity index (χ0) is 19.1. The van der Waals surface area contributed by atoms with E-state index in [2.05, 4.69) is 20.6 Å². The standard InChI is InChI=1S/C20H18F2N4O/c21-16-7-5-14(6-8-16)9-11-23-20-24-12-10-18(26-20)19(27)25-13-15-3-1-2-4-17(15)22/h1-8,10,12H,9,11,13H2,(H,25,27)(H,23,24,26). The molecule has 0 aliphatic heterocycles. The molecule has 1 heterocycles. The second kappa shape index (κ2) is 8.84. The lowest BCUT2D eigenvalue weighted by Gasteiger charge is -2.08. The predicted molar refractivity (Wildman–Crippen MR) is 98.2 cm³/mol. The van der Waals surface area contributed by atoms with Crippen LogP contribution in [0.2, 0.25) is 0 Å². The molecule has 5 nitrogen and oxygen atoms in total. The number of benzene rings is 2. The zero-order valence-corrected chi connectivity index (χ0v) is 14.5. The molecule has 0 saturated carbocycles. The quantitative estimate of drug-likeness (QED) is 0.671. The maximum Gasteiger partial charge on any atom is 0.270 e. The highest BCUT2D eigenvalue weighted by Crippen LogP contribution is 2.07. The van der Waals surface area contributed by atoms with E-state index in [1.807, 2.05) is 0 Å². The Balaban J connectivity index is 1.53. The fraction of sp³-hybridized carbons (Fsp3) is 0.150. The first-order valence-electron chi connectivity index (χ1n) is 8.45. The van der Waals surface area contributed by atoms with E-state index >= 15 is 0 Å². The molecule has 0 radical (unpaired) electrons. The van der Waals surface area contributed by atoms with Gasteiger partial charge in [-0.15, -0.1) is 0 Å². The molecule has 3 rings (SSSR count). The van der Waals surface area contributed by atoms with Crippen LogP contribution in [0.5, 0.6) is 0 Å². The van der Waals surface area contributed by atoms with Crippen molar-refractivity contribution in [2.24, 2.45) is 0 Å². The van der Waals surface area contributed by atoms with Gasteiger partial charge in [0.05, 0.1) is 0 Å². The number of nitrogens with one attached hydrogen (secondary N) is 2. The molecule has 0 aliphatic rings. The first kappa shape index (κ1) is 18.4. The van der Waals surface area contributed by atoms with E-state index in [9.17, 15) is 13.6 Å². The lowest BCUT2D eigenvalue weighted by molar-refractivity contribution is 0.0945. The summed E-state index contributed by atoms with van der Waals surface area (Å²) in [6, 6.07) is 14.0. The molecule has 0 saturated heterocycles. The van der Waals surface area contributed by atoms with Crippen LogP contribution in [0.25, 0.3) is 0 Å². The fourth-order valence-electron chi connectivity index (χ4n) is 2.45. The maximum atomic E-state index is 13.6. The second-order valence-electron chi connectivity index (χ2n) is 5.84. The molecule has 27 heavy (non-hydrogen) atoms. The predicted octanol–water partition coefficient (Wildman–Crippen LogP) is 3.34. The Kier molecular flexibility index (Phi) is 6.04. The number of carbonyl (C=O) groups excluding carboxylic acids is 1. The number of hydrogen-bond donors (Lipinski definition) is 2. The van der Waals surface area contributed by atoms with Crippen LogP contribution in [0.4, 0.5) is 14.7 Å². The number of halogens is 2. The Morgan fingerprint density at radius 3 is 2.56 bits per heavy atom. The second-order valence-corrected chi connectivity index (χ2v) is 5.84. The average molecular weight is 368 g/mol. The fourth-order valence-corrected chi connectivity index (χ4v) is 2.45. The lowest BCUT2D eigenvalue weighted by Crippen LogP contribution is -2.24. The Bertz CT molecular complexity index is 916. The summed E-state index contributed by atoms with van der Waals surface area (Å²) in [6.45, 7) is 0.606. The van der Waals surface area contributed by atoms with Crippen LogP contribution in [0.15, 0.2) is 60.8 Å². The highest BCUT2D eigenvalue weighted by atomic mass is 19.1. The topological polar surface area (TPSA) is 66.9 Å². The van der Waals surface area contributed by atoms with Crippen molar-refractivity contribution in [2.45, 2.75) is 13.0 Å².